The number of nitrogens with zero attached hydrogens (tertiary/aromatic N) is 2. The van der Waals surface area contributed by atoms with E-state index in [2.05, 4.69) is 16.7 Å². The lowest BCUT2D eigenvalue weighted by molar-refractivity contribution is 0.460. The van der Waals surface area contributed by atoms with E-state index in [1.165, 1.54) is 56.2 Å². The van der Waals surface area contributed by atoms with Gasteiger partial charge < -0.3 is 10.6 Å². The minimum absolute atomic E-state index is 0.521. The van der Waals surface area contributed by atoms with Crippen LogP contribution in [0.4, 0.5) is 11.8 Å². The van der Waals surface area contributed by atoms with Gasteiger partial charge in [-0.2, -0.15) is 4.98 Å². The van der Waals surface area contributed by atoms with Crippen LogP contribution >= 0.6 is 11.6 Å². The molecule has 2 saturated carbocycles. The third-order valence-corrected chi connectivity index (χ3v) is 5.32. The van der Waals surface area contributed by atoms with E-state index in [9.17, 15) is 0 Å². The van der Waals surface area contributed by atoms with Crippen LogP contribution in [-0.4, -0.2) is 16.0 Å². The molecule has 25 heavy (non-hydrogen) atoms. The average molecular weight is 357 g/mol. The zero-order valence-electron chi connectivity index (χ0n) is 14.5. The van der Waals surface area contributed by atoms with Crippen LogP contribution in [0.5, 0.6) is 0 Å². The summed E-state index contributed by atoms with van der Waals surface area (Å²) in [6, 6.07) is 10.6. The second kappa shape index (κ2) is 7.61. The van der Waals surface area contributed by atoms with E-state index in [1.807, 2.05) is 24.3 Å². The first-order chi connectivity index (χ1) is 12.3. The molecule has 0 saturated heterocycles. The Morgan fingerprint density at radius 1 is 0.960 bits per heavy atom. The summed E-state index contributed by atoms with van der Waals surface area (Å²) < 4.78 is 0. The maximum atomic E-state index is 5.96. The first-order valence-electron chi connectivity index (χ1n) is 9.40. The van der Waals surface area contributed by atoms with Crippen LogP contribution < -0.4 is 10.6 Å². The predicted octanol–water partition coefficient (Wildman–Crippen LogP) is 5.36. The molecule has 0 spiro atoms. The Labute approximate surface area is 154 Å². The molecule has 5 heteroatoms. The molecule has 2 fully saturated rings. The van der Waals surface area contributed by atoms with Gasteiger partial charge in [0, 0.05) is 29.6 Å². The predicted molar refractivity (Wildman–Crippen MR) is 103 cm³/mol. The minimum atomic E-state index is 0.521. The summed E-state index contributed by atoms with van der Waals surface area (Å²) in [7, 11) is 0. The van der Waals surface area contributed by atoms with E-state index in [0.717, 1.165) is 23.3 Å². The van der Waals surface area contributed by atoms with E-state index in [1.54, 1.807) is 0 Å². The van der Waals surface area contributed by atoms with Gasteiger partial charge in [-0.1, -0.05) is 43.0 Å². The van der Waals surface area contributed by atoms with E-state index in [-0.39, 0.29) is 0 Å². The average Bonchev–Trinajstić information content (AvgIpc) is 3.47. The summed E-state index contributed by atoms with van der Waals surface area (Å²) >= 11 is 5.96. The third kappa shape index (κ3) is 4.63. The molecule has 0 bridgehead atoms. The second-order valence-electron chi connectivity index (χ2n) is 7.24. The molecular weight excluding hydrogens is 332 g/mol. The van der Waals surface area contributed by atoms with Crippen molar-refractivity contribution in [1.82, 2.24) is 9.97 Å². The molecule has 0 amide bonds. The maximum Gasteiger partial charge on any atom is 0.225 e. The lowest BCUT2D eigenvalue weighted by Gasteiger charge is -2.23. The molecule has 2 aliphatic rings. The van der Waals surface area contributed by atoms with Gasteiger partial charge in [-0.15, -0.1) is 0 Å². The fraction of sp³-hybridized carbons (Fsp3) is 0.500. The Balaban J connectivity index is 1.46. The number of rotatable bonds is 6. The van der Waals surface area contributed by atoms with Crippen molar-refractivity contribution in [1.29, 1.82) is 0 Å². The van der Waals surface area contributed by atoms with E-state index in [4.69, 9.17) is 21.6 Å². The summed E-state index contributed by atoms with van der Waals surface area (Å²) in [6.07, 6.45) is 8.92. The zero-order chi connectivity index (χ0) is 17.1. The fourth-order valence-corrected chi connectivity index (χ4v) is 3.56. The Hall–Kier alpha value is -1.81. The molecule has 2 aliphatic carbocycles. The highest BCUT2D eigenvalue weighted by Crippen LogP contribution is 2.40. The van der Waals surface area contributed by atoms with Crippen molar-refractivity contribution in [3.05, 3.63) is 46.6 Å². The molecule has 0 radical (unpaired) electrons. The van der Waals surface area contributed by atoms with Gasteiger partial charge in [0.1, 0.15) is 5.82 Å². The van der Waals surface area contributed by atoms with Gasteiger partial charge in [0.2, 0.25) is 5.95 Å². The number of hydrogen-bond acceptors (Lipinski definition) is 4. The highest BCUT2D eigenvalue weighted by Gasteiger charge is 2.26. The van der Waals surface area contributed by atoms with E-state index in [0.29, 0.717) is 12.0 Å². The van der Waals surface area contributed by atoms with Crippen LogP contribution in [0.25, 0.3) is 0 Å². The van der Waals surface area contributed by atoms with Crippen LogP contribution in [0.3, 0.4) is 0 Å². The zero-order valence-corrected chi connectivity index (χ0v) is 15.2. The second-order valence-corrected chi connectivity index (χ2v) is 7.67. The topological polar surface area (TPSA) is 49.8 Å². The van der Waals surface area contributed by atoms with Gasteiger partial charge in [0.25, 0.3) is 0 Å². The van der Waals surface area contributed by atoms with Crippen LogP contribution in [0.15, 0.2) is 30.3 Å². The van der Waals surface area contributed by atoms with Crippen molar-refractivity contribution < 1.29 is 0 Å². The van der Waals surface area contributed by atoms with Gasteiger partial charge in [-0.3, -0.25) is 0 Å². The van der Waals surface area contributed by atoms with Crippen molar-refractivity contribution in [2.45, 2.75) is 63.5 Å². The van der Waals surface area contributed by atoms with Gasteiger partial charge >= 0.3 is 0 Å². The number of anilines is 2. The molecular formula is C20H25ClN4. The van der Waals surface area contributed by atoms with Crippen LogP contribution in [-0.2, 0) is 6.54 Å². The first-order valence-corrected chi connectivity index (χ1v) is 9.78. The highest BCUT2D eigenvalue weighted by molar-refractivity contribution is 6.30. The van der Waals surface area contributed by atoms with Crippen LogP contribution in [0.1, 0.15) is 62.1 Å². The van der Waals surface area contributed by atoms with Gasteiger partial charge in [-0.25, -0.2) is 4.98 Å². The third-order valence-electron chi connectivity index (χ3n) is 5.07. The molecule has 0 unspecified atom stereocenters. The quantitative estimate of drug-likeness (QED) is 0.731. The monoisotopic (exact) mass is 356 g/mol. The molecule has 1 aromatic carbocycles. The lowest BCUT2D eigenvalue weighted by atomic mass is 9.96. The van der Waals surface area contributed by atoms with Crippen molar-refractivity contribution in [2.24, 2.45) is 0 Å². The summed E-state index contributed by atoms with van der Waals surface area (Å²) in [4.78, 5) is 9.49. The number of hydrogen-bond donors (Lipinski definition) is 2. The number of aromatic nitrogens is 2. The molecule has 2 aromatic rings. The van der Waals surface area contributed by atoms with Crippen molar-refractivity contribution >= 4 is 23.4 Å². The Morgan fingerprint density at radius 2 is 1.72 bits per heavy atom. The number of nitrogens with one attached hydrogen (secondary N) is 2. The summed E-state index contributed by atoms with van der Waals surface area (Å²) in [5.74, 6) is 2.31. The molecule has 1 heterocycles. The maximum absolute atomic E-state index is 5.96. The number of halogens is 1. The number of benzene rings is 1. The van der Waals surface area contributed by atoms with Crippen molar-refractivity contribution in [3.63, 3.8) is 0 Å². The van der Waals surface area contributed by atoms with E-state index < -0.39 is 0 Å². The molecule has 0 atom stereocenters. The molecule has 4 rings (SSSR count). The molecule has 4 nitrogen and oxygen atoms in total. The molecule has 2 N–H and O–H groups in total. The summed E-state index contributed by atoms with van der Waals surface area (Å²) in [5, 5.41) is 7.78. The first kappa shape index (κ1) is 16.6. The van der Waals surface area contributed by atoms with E-state index >= 15 is 0 Å². The van der Waals surface area contributed by atoms with Crippen molar-refractivity contribution in [2.75, 3.05) is 10.6 Å². The minimum Gasteiger partial charge on any atom is -0.366 e. The Morgan fingerprint density at radius 3 is 2.44 bits per heavy atom. The van der Waals surface area contributed by atoms with Crippen LogP contribution in [0, 0.1) is 0 Å². The molecule has 1 aromatic heterocycles. The Bertz CT molecular complexity index is 706. The molecule has 0 aliphatic heterocycles. The normalized spacial score (nSPS) is 18.1. The fourth-order valence-electron chi connectivity index (χ4n) is 3.43. The SMILES string of the molecule is Clc1ccc(CNc2cc(C3CC3)nc(NC3CCCCC3)n2)cc1. The highest BCUT2D eigenvalue weighted by atomic mass is 35.5. The van der Waals surface area contributed by atoms with Gasteiger partial charge in [-0.05, 0) is 43.4 Å². The van der Waals surface area contributed by atoms with Gasteiger partial charge in [0.15, 0.2) is 0 Å². The lowest BCUT2D eigenvalue weighted by Crippen LogP contribution is -2.24. The van der Waals surface area contributed by atoms with Crippen LogP contribution in [0.2, 0.25) is 5.02 Å². The Kier molecular flexibility index (Phi) is 5.07. The smallest absolute Gasteiger partial charge is 0.225 e. The van der Waals surface area contributed by atoms with Crippen molar-refractivity contribution in [3.8, 4) is 0 Å². The molecule has 132 valence electrons. The largest absolute Gasteiger partial charge is 0.366 e. The van der Waals surface area contributed by atoms with Gasteiger partial charge in [0.05, 0.1) is 5.69 Å². The summed E-state index contributed by atoms with van der Waals surface area (Å²) in [6.45, 7) is 0.737. The summed E-state index contributed by atoms with van der Waals surface area (Å²) in [5.41, 5.74) is 2.37. The standard InChI is InChI=1S/C20H25ClN4/c21-16-10-6-14(7-11-16)13-22-19-12-18(15-8-9-15)24-20(25-19)23-17-4-2-1-3-5-17/h6-7,10-12,15,17H,1-5,8-9,13H2,(H2,22,23,24,25).